The first kappa shape index (κ1) is 7.80. The van der Waals surface area contributed by atoms with E-state index < -0.39 is 11.9 Å². The highest BCUT2D eigenvalue weighted by Crippen LogP contribution is 2.21. The van der Waals surface area contributed by atoms with Crippen LogP contribution in [0.2, 0.25) is 0 Å². The van der Waals surface area contributed by atoms with E-state index in [1.165, 1.54) is 0 Å². The van der Waals surface area contributed by atoms with Gasteiger partial charge in [0, 0.05) is 6.08 Å². The molecule has 0 aliphatic carbocycles. The fourth-order valence-electron chi connectivity index (χ4n) is 0.554. The minimum absolute atomic E-state index is 0.0394. The van der Waals surface area contributed by atoms with E-state index in [1.54, 1.807) is 0 Å². The van der Waals surface area contributed by atoms with Gasteiger partial charge in [-0.3, -0.25) is 10.2 Å². The van der Waals surface area contributed by atoms with Crippen LogP contribution in [0.15, 0.2) is 11.0 Å². The van der Waals surface area contributed by atoms with E-state index in [9.17, 15) is 9.59 Å². The van der Waals surface area contributed by atoms with Crippen LogP contribution < -0.4 is 5.32 Å². The Bertz CT molecular complexity index is 271. The van der Waals surface area contributed by atoms with Gasteiger partial charge in [0.25, 0.3) is 5.91 Å². The molecular weight excluding hydrogens is 168 g/mol. The smallest absolute Gasteiger partial charge is 0.329 e. The van der Waals surface area contributed by atoms with Gasteiger partial charge in [0.15, 0.2) is 5.17 Å². The first-order valence-corrected chi connectivity index (χ1v) is 3.43. The Morgan fingerprint density at radius 3 is 2.73 bits per heavy atom. The Morgan fingerprint density at radius 2 is 2.36 bits per heavy atom. The zero-order valence-electron chi connectivity index (χ0n) is 5.25. The van der Waals surface area contributed by atoms with Gasteiger partial charge < -0.3 is 10.4 Å². The molecular formula is C5H4N2O3S. The Labute approximate surface area is 66.0 Å². The summed E-state index contributed by atoms with van der Waals surface area (Å²) >= 11 is 0.805. The molecule has 0 radical (unpaired) electrons. The molecule has 0 spiro atoms. The molecule has 11 heavy (non-hydrogen) atoms. The number of rotatable bonds is 1. The maximum Gasteiger partial charge on any atom is 0.329 e. The van der Waals surface area contributed by atoms with Crippen LogP contribution in [0, 0.1) is 5.41 Å². The van der Waals surface area contributed by atoms with Gasteiger partial charge in [-0.15, -0.1) is 0 Å². The van der Waals surface area contributed by atoms with E-state index in [2.05, 4.69) is 5.32 Å². The maximum absolute atomic E-state index is 10.7. The molecule has 1 rings (SSSR count). The highest BCUT2D eigenvalue weighted by atomic mass is 32.2. The van der Waals surface area contributed by atoms with Crippen molar-refractivity contribution in [1.29, 1.82) is 5.41 Å². The molecule has 1 aliphatic heterocycles. The number of carboxylic acid groups (broad SMARTS) is 1. The highest BCUT2D eigenvalue weighted by molar-refractivity contribution is 8.18. The van der Waals surface area contributed by atoms with E-state index in [4.69, 9.17) is 10.5 Å². The van der Waals surface area contributed by atoms with Crippen LogP contribution in [0.5, 0.6) is 0 Å². The number of hydrogen-bond acceptors (Lipinski definition) is 4. The molecule has 0 atom stereocenters. The number of amidine groups is 1. The number of carbonyl (C=O) groups excluding carboxylic acids is 1. The number of carbonyl (C=O) groups is 2. The molecule has 0 aromatic carbocycles. The molecule has 6 heteroatoms. The molecule has 5 nitrogen and oxygen atoms in total. The van der Waals surface area contributed by atoms with Crippen molar-refractivity contribution >= 4 is 28.8 Å². The lowest BCUT2D eigenvalue weighted by atomic mass is 10.5. The second-order valence-electron chi connectivity index (χ2n) is 1.73. The van der Waals surface area contributed by atoms with Crippen LogP contribution in [0.25, 0.3) is 0 Å². The van der Waals surface area contributed by atoms with Gasteiger partial charge in [-0.05, 0) is 11.8 Å². The average Bonchev–Trinajstić information content (AvgIpc) is 2.09. The molecule has 1 saturated heterocycles. The number of hydrogen-bond donors (Lipinski definition) is 3. The zero-order chi connectivity index (χ0) is 8.43. The van der Waals surface area contributed by atoms with Crippen LogP contribution in [-0.4, -0.2) is 22.2 Å². The second kappa shape index (κ2) is 2.75. The molecule has 0 saturated carbocycles. The summed E-state index contributed by atoms with van der Waals surface area (Å²) in [5.74, 6) is -1.71. The van der Waals surface area contributed by atoms with Crippen molar-refractivity contribution in [2.75, 3.05) is 0 Å². The van der Waals surface area contributed by atoms with Crippen LogP contribution in [0.1, 0.15) is 0 Å². The quantitative estimate of drug-likeness (QED) is 0.476. The molecule has 1 heterocycles. The number of nitrogens with one attached hydrogen (secondary N) is 2. The SMILES string of the molecule is N=C1NC(=O)/C(=C/C(=O)O)S1. The summed E-state index contributed by atoms with van der Waals surface area (Å²) in [5, 5.41) is 17.3. The maximum atomic E-state index is 10.7. The topological polar surface area (TPSA) is 90.3 Å². The fourth-order valence-corrected chi connectivity index (χ4v) is 1.22. The third-order valence-electron chi connectivity index (χ3n) is 0.917. The lowest BCUT2D eigenvalue weighted by Crippen LogP contribution is -2.18. The summed E-state index contributed by atoms with van der Waals surface area (Å²) in [5.41, 5.74) is 0. The van der Waals surface area contributed by atoms with Crippen molar-refractivity contribution in [2.45, 2.75) is 0 Å². The first-order valence-electron chi connectivity index (χ1n) is 2.62. The average molecular weight is 172 g/mol. The van der Waals surface area contributed by atoms with Crippen molar-refractivity contribution in [3.05, 3.63) is 11.0 Å². The summed E-state index contributed by atoms with van der Waals surface area (Å²) in [6, 6.07) is 0. The fraction of sp³-hybridized carbons (Fsp3) is 0. The number of carboxylic acids is 1. The van der Waals surface area contributed by atoms with Crippen LogP contribution in [-0.2, 0) is 9.59 Å². The summed E-state index contributed by atoms with van der Waals surface area (Å²) in [6.45, 7) is 0. The largest absolute Gasteiger partial charge is 0.478 e. The Balaban J connectivity index is 2.83. The van der Waals surface area contributed by atoms with Crippen molar-refractivity contribution in [3.8, 4) is 0 Å². The Kier molecular flexibility index (Phi) is 1.95. The van der Waals surface area contributed by atoms with Crippen molar-refractivity contribution in [2.24, 2.45) is 0 Å². The Morgan fingerprint density at radius 1 is 1.73 bits per heavy atom. The molecule has 1 amide bonds. The molecule has 1 aliphatic rings. The Hall–Kier alpha value is -1.30. The number of amides is 1. The molecule has 0 aromatic rings. The van der Waals surface area contributed by atoms with Gasteiger partial charge in [-0.25, -0.2) is 4.79 Å². The summed E-state index contributed by atoms with van der Waals surface area (Å²) in [6.07, 6.45) is 0.779. The van der Waals surface area contributed by atoms with Gasteiger partial charge in [0.1, 0.15) is 0 Å². The summed E-state index contributed by atoms with van der Waals surface area (Å²) in [4.78, 5) is 20.8. The van der Waals surface area contributed by atoms with Crippen molar-refractivity contribution in [1.82, 2.24) is 5.32 Å². The predicted molar refractivity (Wildman–Crippen MR) is 39.2 cm³/mol. The molecule has 0 bridgehead atoms. The summed E-state index contributed by atoms with van der Waals surface area (Å²) < 4.78 is 0. The minimum atomic E-state index is -1.18. The van der Waals surface area contributed by atoms with Gasteiger partial charge in [-0.2, -0.15) is 0 Å². The van der Waals surface area contributed by atoms with E-state index >= 15 is 0 Å². The van der Waals surface area contributed by atoms with E-state index in [0.717, 1.165) is 17.8 Å². The molecule has 1 fully saturated rings. The highest BCUT2D eigenvalue weighted by Gasteiger charge is 2.22. The van der Waals surface area contributed by atoms with E-state index in [-0.39, 0.29) is 10.1 Å². The van der Waals surface area contributed by atoms with Gasteiger partial charge in [-0.1, -0.05) is 0 Å². The third-order valence-corrected chi connectivity index (χ3v) is 1.75. The monoisotopic (exact) mass is 172 g/mol. The van der Waals surface area contributed by atoms with Crippen LogP contribution in [0.4, 0.5) is 0 Å². The van der Waals surface area contributed by atoms with E-state index in [1.807, 2.05) is 0 Å². The third kappa shape index (κ3) is 1.81. The summed E-state index contributed by atoms with van der Waals surface area (Å²) in [7, 11) is 0. The van der Waals surface area contributed by atoms with Crippen LogP contribution >= 0.6 is 11.8 Å². The lowest BCUT2D eigenvalue weighted by molar-refractivity contribution is -0.131. The minimum Gasteiger partial charge on any atom is -0.478 e. The number of aliphatic carboxylic acids is 1. The zero-order valence-corrected chi connectivity index (χ0v) is 6.07. The lowest BCUT2D eigenvalue weighted by Gasteiger charge is -1.84. The second-order valence-corrected chi connectivity index (χ2v) is 2.78. The number of thioether (sulfide) groups is 1. The van der Waals surface area contributed by atoms with Gasteiger partial charge in [0.2, 0.25) is 0 Å². The van der Waals surface area contributed by atoms with Crippen LogP contribution in [0.3, 0.4) is 0 Å². The normalized spacial score (nSPS) is 20.5. The molecule has 0 unspecified atom stereocenters. The molecule has 0 aromatic heterocycles. The van der Waals surface area contributed by atoms with Gasteiger partial charge in [0.05, 0.1) is 4.91 Å². The van der Waals surface area contributed by atoms with Gasteiger partial charge >= 0.3 is 5.97 Å². The first-order chi connectivity index (χ1) is 5.09. The standard InChI is InChI=1S/C5H4N2O3S/c6-5-7-4(10)2(11-5)1-3(8)9/h1H,(H,8,9)(H2,6,7,10)/b2-1-. The molecule has 3 N–H and O–H groups in total. The van der Waals surface area contributed by atoms with E-state index in [0.29, 0.717) is 0 Å². The van der Waals surface area contributed by atoms with Crippen molar-refractivity contribution < 1.29 is 14.7 Å². The van der Waals surface area contributed by atoms with Crippen molar-refractivity contribution in [3.63, 3.8) is 0 Å². The molecule has 58 valence electrons. The predicted octanol–water partition coefficient (Wildman–Crippen LogP) is -0.247.